The number of rotatable bonds is 6. The van der Waals surface area contributed by atoms with Crippen molar-refractivity contribution in [2.24, 2.45) is 11.5 Å². The summed E-state index contributed by atoms with van der Waals surface area (Å²) in [5.74, 6) is -0.826. The normalized spacial score (nSPS) is 13.6. The van der Waals surface area contributed by atoms with Gasteiger partial charge in [0, 0.05) is 6.54 Å². The Labute approximate surface area is 111 Å². The summed E-state index contributed by atoms with van der Waals surface area (Å²) in [6.07, 6.45) is 0.413. The van der Waals surface area contributed by atoms with Gasteiger partial charge in [0.25, 0.3) is 0 Å². The van der Waals surface area contributed by atoms with Gasteiger partial charge in [0.1, 0.15) is 11.3 Å². The number of hydrogen-bond acceptors (Lipinski definition) is 4. The van der Waals surface area contributed by atoms with Gasteiger partial charge in [0.05, 0.1) is 6.42 Å². The molecule has 0 fully saturated rings. The number of carbonyl (C=O) groups is 2. The maximum atomic E-state index is 11.8. The van der Waals surface area contributed by atoms with Gasteiger partial charge in [-0.2, -0.15) is 0 Å². The summed E-state index contributed by atoms with van der Waals surface area (Å²) in [6.45, 7) is 1.86. The Balaban J connectivity index is 2.42. The van der Waals surface area contributed by atoms with Gasteiger partial charge in [0.15, 0.2) is 0 Å². The molecule has 0 aliphatic rings. The molecule has 6 heteroatoms. The van der Waals surface area contributed by atoms with Crippen molar-refractivity contribution in [2.45, 2.75) is 25.3 Å². The van der Waals surface area contributed by atoms with E-state index in [1.165, 1.54) is 6.92 Å². The predicted molar refractivity (Wildman–Crippen MR) is 71.2 cm³/mol. The fourth-order valence-corrected chi connectivity index (χ4v) is 1.63. The number of aromatic hydroxyl groups is 1. The molecule has 6 nitrogen and oxygen atoms in total. The van der Waals surface area contributed by atoms with Crippen LogP contribution in [0.25, 0.3) is 0 Å². The summed E-state index contributed by atoms with van der Waals surface area (Å²) in [5, 5.41) is 11.8. The quantitative estimate of drug-likeness (QED) is 0.561. The number of hydrogen-bond donors (Lipinski definition) is 4. The Bertz CT molecular complexity index is 455. The van der Waals surface area contributed by atoms with Crippen LogP contribution in [0.4, 0.5) is 0 Å². The van der Waals surface area contributed by atoms with E-state index in [1.807, 2.05) is 0 Å². The van der Waals surface area contributed by atoms with Crippen molar-refractivity contribution in [1.82, 2.24) is 5.32 Å². The van der Waals surface area contributed by atoms with Crippen molar-refractivity contribution in [3.63, 3.8) is 0 Å². The lowest BCUT2D eigenvalue weighted by atomic mass is 9.98. The number of amides is 2. The topological polar surface area (TPSA) is 118 Å². The van der Waals surface area contributed by atoms with Crippen molar-refractivity contribution < 1.29 is 14.7 Å². The highest BCUT2D eigenvalue weighted by Gasteiger charge is 2.29. The smallest absolute Gasteiger partial charge is 0.240 e. The van der Waals surface area contributed by atoms with Crippen LogP contribution >= 0.6 is 0 Å². The Kier molecular flexibility index (Phi) is 4.88. The average molecular weight is 265 g/mol. The first-order valence-electron chi connectivity index (χ1n) is 5.94. The van der Waals surface area contributed by atoms with Crippen LogP contribution in [0.3, 0.4) is 0 Å². The van der Waals surface area contributed by atoms with E-state index >= 15 is 0 Å². The highest BCUT2D eigenvalue weighted by atomic mass is 16.3. The van der Waals surface area contributed by atoms with Gasteiger partial charge >= 0.3 is 0 Å². The van der Waals surface area contributed by atoms with Crippen molar-refractivity contribution in [3.8, 4) is 5.75 Å². The summed E-state index contributed by atoms with van der Waals surface area (Å²) in [5.41, 5.74) is 10.4. The first-order valence-corrected chi connectivity index (χ1v) is 5.94. The molecule has 0 aliphatic carbocycles. The molecule has 0 radical (unpaired) electrons. The van der Waals surface area contributed by atoms with Crippen LogP contribution < -0.4 is 16.8 Å². The number of primary amides is 1. The van der Waals surface area contributed by atoms with Crippen LogP contribution in [0.2, 0.25) is 0 Å². The molecule has 0 unspecified atom stereocenters. The Morgan fingerprint density at radius 1 is 1.32 bits per heavy atom. The van der Waals surface area contributed by atoms with E-state index in [0.29, 0.717) is 13.0 Å². The van der Waals surface area contributed by atoms with E-state index in [2.05, 4.69) is 5.32 Å². The number of carbonyl (C=O) groups excluding carboxylic acids is 2. The van der Waals surface area contributed by atoms with Crippen LogP contribution in [0.5, 0.6) is 5.75 Å². The van der Waals surface area contributed by atoms with Gasteiger partial charge in [-0.25, -0.2) is 0 Å². The Morgan fingerprint density at radius 2 is 1.89 bits per heavy atom. The fraction of sp³-hybridized carbons (Fsp3) is 0.385. The maximum absolute atomic E-state index is 11.8. The molecular weight excluding hydrogens is 246 g/mol. The van der Waals surface area contributed by atoms with E-state index in [0.717, 1.165) is 5.56 Å². The summed E-state index contributed by atoms with van der Waals surface area (Å²) in [6, 6.07) is 6.70. The molecule has 2 amide bonds. The van der Waals surface area contributed by atoms with Gasteiger partial charge in [-0.05, 0) is 31.0 Å². The molecule has 0 spiro atoms. The molecule has 0 saturated heterocycles. The molecule has 1 aromatic carbocycles. The number of nitrogens with two attached hydrogens (primary N) is 2. The first kappa shape index (κ1) is 15.0. The van der Waals surface area contributed by atoms with Crippen molar-refractivity contribution >= 4 is 11.8 Å². The maximum Gasteiger partial charge on any atom is 0.240 e. The SMILES string of the molecule is C[C@@](N)(CC(N)=O)C(=O)NCCc1ccc(O)cc1. The molecule has 1 rings (SSSR count). The van der Waals surface area contributed by atoms with Crippen LogP contribution in [0.1, 0.15) is 18.9 Å². The predicted octanol–water partition coefficient (Wildman–Crippen LogP) is -0.356. The summed E-state index contributed by atoms with van der Waals surface area (Å²) < 4.78 is 0. The number of phenols is 1. The molecule has 0 aliphatic heterocycles. The molecule has 1 atom stereocenters. The van der Waals surface area contributed by atoms with Crippen LogP contribution in [-0.4, -0.2) is 29.0 Å². The van der Waals surface area contributed by atoms with E-state index in [9.17, 15) is 9.59 Å². The third-order valence-corrected chi connectivity index (χ3v) is 2.70. The average Bonchev–Trinajstić information content (AvgIpc) is 2.30. The highest BCUT2D eigenvalue weighted by molar-refractivity contribution is 5.91. The largest absolute Gasteiger partial charge is 0.508 e. The van der Waals surface area contributed by atoms with E-state index in [1.54, 1.807) is 24.3 Å². The lowest BCUT2D eigenvalue weighted by Gasteiger charge is -2.21. The Morgan fingerprint density at radius 3 is 2.42 bits per heavy atom. The Hall–Kier alpha value is -2.08. The summed E-state index contributed by atoms with van der Waals surface area (Å²) in [7, 11) is 0. The third kappa shape index (κ3) is 4.97. The minimum atomic E-state index is -1.29. The molecule has 0 heterocycles. The first-order chi connectivity index (χ1) is 8.81. The van der Waals surface area contributed by atoms with Crippen LogP contribution in [0, 0.1) is 0 Å². The second-order valence-corrected chi connectivity index (χ2v) is 4.73. The minimum Gasteiger partial charge on any atom is -0.508 e. The van der Waals surface area contributed by atoms with Gasteiger partial charge in [0.2, 0.25) is 11.8 Å². The standard InChI is InChI=1S/C13H19N3O3/c1-13(15,8-11(14)18)12(19)16-7-6-9-2-4-10(17)5-3-9/h2-5,17H,6-8,15H2,1H3,(H2,14,18)(H,16,19)/t13-/m1/s1. The lowest BCUT2D eigenvalue weighted by Crippen LogP contribution is -2.53. The number of phenolic OH excluding ortho intramolecular Hbond substituents is 1. The van der Waals surface area contributed by atoms with Crippen LogP contribution in [0.15, 0.2) is 24.3 Å². The molecule has 104 valence electrons. The van der Waals surface area contributed by atoms with E-state index in [-0.39, 0.29) is 12.2 Å². The van der Waals surface area contributed by atoms with E-state index < -0.39 is 17.4 Å². The molecule has 0 aromatic heterocycles. The van der Waals surface area contributed by atoms with Crippen molar-refractivity contribution in [1.29, 1.82) is 0 Å². The summed E-state index contributed by atoms with van der Waals surface area (Å²) >= 11 is 0. The summed E-state index contributed by atoms with van der Waals surface area (Å²) in [4.78, 5) is 22.5. The molecular formula is C13H19N3O3. The third-order valence-electron chi connectivity index (χ3n) is 2.70. The van der Waals surface area contributed by atoms with Gasteiger partial charge in [-0.15, -0.1) is 0 Å². The zero-order valence-electron chi connectivity index (χ0n) is 10.8. The number of nitrogens with one attached hydrogen (secondary N) is 1. The molecule has 0 bridgehead atoms. The molecule has 1 aromatic rings. The monoisotopic (exact) mass is 265 g/mol. The van der Waals surface area contributed by atoms with Crippen molar-refractivity contribution in [3.05, 3.63) is 29.8 Å². The minimum absolute atomic E-state index is 0.196. The molecule has 6 N–H and O–H groups in total. The zero-order chi connectivity index (χ0) is 14.5. The number of benzene rings is 1. The second kappa shape index (κ2) is 6.19. The van der Waals surface area contributed by atoms with Gasteiger partial charge in [-0.3, -0.25) is 9.59 Å². The van der Waals surface area contributed by atoms with Gasteiger partial charge in [-0.1, -0.05) is 12.1 Å². The zero-order valence-corrected chi connectivity index (χ0v) is 10.8. The second-order valence-electron chi connectivity index (χ2n) is 4.73. The fourth-order valence-electron chi connectivity index (χ4n) is 1.63. The highest BCUT2D eigenvalue weighted by Crippen LogP contribution is 2.10. The van der Waals surface area contributed by atoms with Crippen LogP contribution in [-0.2, 0) is 16.0 Å². The van der Waals surface area contributed by atoms with Gasteiger partial charge < -0.3 is 21.9 Å². The molecule has 0 saturated carbocycles. The van der Waals surface area contributed by atoms with Crippen molar-refractivity contribution in [2.75, 3.05) is 6.54 Å². The lowest BCUT2D eigenvalue weighted by molar-refractivity contribution is -0.129. The van der Waals surface area contributed by atoms with E-state index in [4.69, 9.17) is 16.6 Å². The molecule has 19 heavy (non-hydrogen) atoms.